The van der Waals surface area contributed by atoms with Crippen molar-refractivity contribution in [2.45, 2.75) is 276 Å². The highest BCUT2D eigenvalue weighted by atomic mass is 16.5. The Kier molecular flexibility index (Phi) is 47.2. The monoisotopic (exact) mass is 869 g/mol. The van der Waals surface area contributed by atoms with Crippen LogP contribution >= 0.6 is 0 Å². The van der Waals surface area contributed by atoms with Crippen LogP contribution in [0.15, 0.2) is 48.6 Å². The maximum atomic E-state index is 12.9. The second kappa shape index (κ2) is 49.3. The Balaban J connectivity index is 4.31. The summed E-state index contributed by atoms with van der Waals surface area (Å²) < 4.78 is 6.08. The number of aliphatic carboxylic acids is 1. The predicted molar refractivity (Wildman–Crippen MR) is 266 cm³/mol. The van der Waals surface area contributed by atoms with Gasteiger partial charge in [-0.15, -0.1) is 0 Å². The van der Waals surface area contributed by atoms with Crippen LogP contribution in [0.2, 0.25) is 0 Å². The number of rotatable bonds is 48. The molecule has 0 aromatic carbocycles. The molecule has 0 aliphatic carbocycles. The molecule has 7 nitrogen and oxygen atoms in total. The number of hydrogen-bond donors (Lipinski definition) is 3. The van der Waals surface area contributed by atoms with Gasteiger partial charge in [-0.25, -0.2) is 4.79 Å². The second-order valence-corrected chi connectivity index (χ2v) is 17.9. The van der Waals surface area contributed by atoms with E-state index in [1.54, 1.807) is 0 Å². The highest BCUT2D eigenvalue weighted by molar-refractivity contribution is 5.83. The van der Waals surface area contributed by atoms with E-state index in [2.05, 4.69) is 67.8 Å². The van der Waals surface area contributed by atoms with Gasteiger partial charge in [0, 0.05) is 12.8 Å². The highest BCUT2D eigenvalue weighted by Gasteiger charge is 2.19. The lowest BCUT2D eigenvalue weighted by molar-refractivity contribution is -0.150. The van der Waals surface area contributed by atoms with Crippen LogP contribution in [-0.2, 0) is 19.1 Å². The largest absolute Gasteiger partial charge is 0.480 e. The number of carboxylic acid groups (broad SMARTS) is 1. The van der Waals surface area contributed by atoms with E-state index in [1.165, 1.54) is 135 Å². The Bertz CT molecular complexity index is 1110. The van der Waals surface area contributed by atoms with E-state index in [0.717, 1.165) is 89.9 Å². The minimum absolute atomic E-state index is 0.0142. The lowest BCUT2D eigenvalue weighted by atomic mass is 10.0. The summed E-state index contributed by atoms with van der Waals surface area (Å²) in [4.78, 5) is 36.6. The Labute approximate surface area is 383 Å². The van der Waals surface area contributed by atoms with Crippen molar-refractivity contribution in [2.75, 3.05) is 6.54 Å². The van der Waals surface area contributed by atoms with E-state index < -0.39 is 12.0 Å². The molecule has 0 heterocycles. The number of unbranched alkanes of at least 4 members (excludes halogenated alkanes) is 26. The normalized spacial score (nSPS) is 13.0. The molecule has 62 heavy (non-hydrogen) atoms. The Morgan fingerprint density at radius 1 is 0.468 bits per heavy atom. The smallest absolute Gasteiger partial charge is 0.326 e. The van der Waals surface area contributed by atoms with Crippen molar-refractivity contribution in [3.8, 4) is 0 Å². The number of hydrogen-bond acceptors (Lipinski definition) is 5. The fourth-order valence-corrected chi connectivity index (χ4v) is 7.87. The van der Waals surface area contributed by atoms with Gasteiger partial charge >= 0.3 is 11.9 Å². The zero-order valence-electron chi connectivity index (χ0n) is 40.7. The third-order valence-corrected chi connectivity index (χ3v) is 11.9. The molecule has 0 radical (unpaired) electrons. The molecule has 2 atom stereocenters. The molecule has 0 fully saturated rings. The van der Waals surface area contributed by atoms with Gasteiger partial charge in [-0.2, -0.15) is 0 Å². The summed E-state index contributed by atoms with van der Waals surface area (Å²) in [5.74, 6) is -1.25. The molecule has 0 rings (SSSR count). The molecule has 2 unspecified atom stereocenters. The van der Waals surface area contributed by atoms with Gasteiger partial charge in [0.05, 0.1) is 0 Å². The summed E-state index contributed by atoms with van der Waals surface area (Å²) in [6, 6.07) is -0.862. The topological polar surface area (TPSA) is 119 Å². The molecule has 0 saturated heterocycles. The first-order valence-electron chi connectivity index (χ1n) is 26.5. The van der Waals surface area contributed by atoms with E-state index >= 15 is 0 Å². The van der Waals surface area contributed by atoms with Crippen molar-refractivity contribution in [3.63, 3.8) is 0 Å². The van der Waals surface area contributed by atoms with Crippen molar-refractivity contribution in [3.05, 3.63) is 48.6 Å². The summed E-state index contributed by atoms with van der Waals surface area (Å²) >= 11 is 0. The van der Waals surface area contributed by atoms with Crippen LogP contribution in [0.25, 0.3) is 0 Å². The van der Waals surface area contributed by atoms with Crippen molar-refractivity contribution >= 4 is 17.8 Å². The predicted octanol–water partition coefficient (Wildman–Crippen LogP) is 15.9. The molecule has 0 aromatic heterocycles. The average Bonchev–Trinajstić information content (AvgIpc) is 3.26. The Morgan fingerprint density at radius 3 is 1.26 bits per heavy atom. The van der Waals surface area contributed by atoms with Gasteiger partial charge in [0.2, 0.25) is 5.91 Å². The fourth-order valence-electron chi connectivity index (χ4n) is 7.87. The summed E-state index contributed by atoms with van der Waals surface area (Å²) in [6.07, 6.45) is 61.7. The molecular formula is C55H100N2O5. The average molecular weight is 869 g/mol. The minimum Gasteiger partial charge on any atom is -0.480 e. The number of nitrogens with two attached hydrogens (primary N) is 1. The number of nitrogens with one attached hydrogen (secondary N) is 1. The van der Waals surface area contributed by atoms with Crippen LogP contribution in [0.1, 0.15) is 264 Å². The Morgan fingerprint density at radius 2 is 0.839 bits per heavy atom. The maximum Gasteiger partial charge on any atom is 0.326 e. The van der Waals surface area contributed by atoms with Crippen LogP contribution in [0.5, 0.6) is 0 Å². The van der Waals surface area contributed by atoms with Crippen molar-refractivity contribution in [2.24, 2.45) is 5.73 Å². The van der Waals surface area contributed by atoms with Crippen molar-refractivity contribution < 1.29 is 24.2 Å². The summed E-state index contributed by atoms with van der Waals surface area (Å²) in [7, 11) is 0. The third kappa shape index (κ3) is 45.4. The number of amides is 1. The van der Waals surface area contributed by atoms with E-state index in [4.69, 9.17) is 10.5 Å². The maximum absolute atomic E-state index is 12.9. The zero-order chi connectivity index (χ0) is 45.2. The quantitative estimate of drug-likeness (QED) is 0.0318. The molecule has 0 saturated carbocycles. The van der Waals surface area contributed by atoms with Gasteiger partial charge in [0.25, 0.3) is 0 Å². The molecule has 0 aliphatic heterocycles. The number of ether oxygens (including phenoxy) is 1. The minimum atomic E-state index is -1.01. The number of esters is 1. The van der Waals surface area contributed by atoms with Crippen LogP contribution in [0.3, 0.4) is 0 Å². The van der Waals surface area contributed by atoms with Crippen LogP contribution < -0.4 is 11.1 Å². The number of allylic oxidation sites excluding steroid dienone is 8. The lowest BCUT2D eigenvalue weighted by Gasteiger charge is -2.18. The Hall–Kier alpha value is -2.67. The van der Waals surface area contributed by atoms with Gasteiger partial charge in [-0.3, -0.25) is 9.59 Å². The standard InChI is InChI=1S/C55H100N2O5/c1-3-5-7-9-11-13-15-17-19-20-21-22-23-24-26-28-30-32-34-39-43-49-54(59)62-51(45-40-36-33-31-29-27-25-18-16-14-12-10-8-6-4-2)46-41-37-35-38-42-48-53(58)57-52(55(60)61)47-44-50-56/h15-18,20-21,27,29,51-52H,3-14,19,22-26,28,30-50,56H2,1-2H3,(H,57,58)(H,60,61)/b17-15-,18-16-,21-20-,29-27-. The van der Waals surface area contributed by atoms with Gasteiger partial charge < -0.3 is 20.9 Å². The molecule has 0 spiro atoms. The molecule has 4 N–H and O–H groups in total. The van der Waals surface area contributed by atoms with E-state index in [1.807, 2.05) is 0 Å². The lowest BCUT2D eigenvalue weighted by Crippen LogP contribution is -2.40. The first-order valence-corrected chi connectivity index (χ1v) is 26.5. The summed E-state index contributed by atoms with van der Waals surface area (Å²) in [6.45, 7) is 4.94. The molecule has 0 aromatic rings. The SMILES string of the molecule is CCCCCCC/C=C\C/C=C\CCCCCCCCCCCC(=O)OC(CCCCC/C=C\C/C=C\CCCCCCC)CCCCCCCC(=O)NC(CCCN)C(=O)O. The summed E-state index contributed by atoms with van der Waals surface area (Å²) in [5.41, 5.74) is 5.50. The van der Waals surface area contributed by atoms with Gasteiger partial charge in [-0.1, -0.05) is 184 Å². The van der Waals surface area contributed by atoms with Crippen molar-refractivity contribution in [1.29, 1.82) is 0 Å². The van der Waals surface area contributed by atoms with Gasteiger partial charge in [-0.05, 0) is 122 Å². The number of carbonyl (C=O) groups is 3. The van der Waals surface area contributed by atoms with Crippen molar-refractivity contribution in [1.82, 2.24) is 5.32 Å². The molecular weight excluding hydrogens is 769 g/mol. The molecule has 7 heteroatoms. The van der Waals surface area contributed by atoms with E-state index in [9.17, 15) is 19.5 Å². The van der Waals surface area contributed by atoms with E-state index in [0.29, 0.717) is 32.2 Å². The number of carboxylic acids is 1. The zero-order valence-corrected chi connectivity index (χ0v) is 40.7. The molecule has 360 valence electrons. The van der Waals surface area contributed by atoms with Gasteiger partial charge in [0.15, 0.2) is 0 Å². The third-order valence-electron chi connectivity index (χ3n) is 11.9. The molecule has 0 bridgehead atoms. The van der Waals surface area contributed by atoms with E-state index in [-0.39, 0.29) is 18.0 Å². The van der Waals surface area contributed by atoms with Crippen LogP contribution in [-0.4, -0.2) is 41.6 Å². The highest BCUT2D eigenvalue weighted by Crippen LogP contribution is 2.19. The second-order valence-electron chi connectivity index (χ2n) is 17.9. The van der Waals surface area contributed by atoms with Gasteiger partial charge in [0.1, 0.15) is 12.1 Å². The summed E-state index contributed by atoms with van der Waals surface area (Å²) in [5, 5.41) is 12.0. The number of carbonyl (C=O) groups excluding carboxylic acids is 2. The molecule has 1 amide bonds. The molecule has 0 aliphatic rings. The fraction of sp³-hybridized carbons (Fsp3) is 0.800. The van der Waals surface area contributed by atoms with Crippen LogP contribution in [0, 0.1) is 0 Å². The first kappa shape index (κ1) is 59.3. The first-order chi connectivity index (χ1) is 30.4. The van der Waals surface area contributed by atoms with Crippen LogP contribution in [0.4, 0.5) is 0 Å².